The minimum absolute atomic E-state index is 0.801. The summed E-state index contributed by atoms with van der Waals surface area (Å²) in [5.41, 5.74) is 3.01. The van der Waals surface area contributed by atoms with E-state index >= 15 is 0 Å². The molecule has 0 amide bonds. The Morgan fingerprint density at radius 3 is 1.91 bits per heavy atom. The van der Waals surface area contributed by atoms with Crippen molar-refractivity contribution in [1.82, 2.24) is 0 Å². The molecule has 3 aromatic carbocycles. The molecule has 0 bridgehead atoms. The van der Waals surface area contributed by atoms with E-state index in [0.29, 0.717) is 0 Å². The van der Waals surface area contributed by atoms with Gasteiger partial charge in [-0.1, -0.05) is 52.3 Å². The molecule has 4 rings (SSSR count). The van der Waals surface area contributed by atoms with Gasteiger partial charge in [0.1, 0.15) is 5.58 Å². The van der Waals surface area contributed by atoms with Crippen molar-refractivity contribution >= 4 is 44.2 Å². The molecule has 1 heterocycles. The lowest BCUT2D eigenvalue weighted by Crippen LogP contribution is -2.08. The van der Waals surface area contributed by atoms with Crippen LogP contribution in [0.15, 0.2) is 93.8 Å². The summed E-state index contributed by atoms with van der Waals surface area (Å²) in [7, 11) is 0. The number of halogens is 1. The van der Waals surface area contributed by atoms with Crippen LogP contribution in [0.3, 0.4) is 0 Å². The molecule has 0 spiro atoms. The van der Waals surface area contributed by atoms with Crippen molar-refractivity contribution in [1.29, 1.82) is 0 Å². The van der Waals surface area contributed by atoms with Crippen LogP contribution in [0.4, 0.5) is 17.3 Å². The van der Waals surface area contributed by atoms with Crippen LogP contribution in [-0.4, -0.2) is 0 Å². The molecule has 0 aliphatic rings. The molecule has 2 nitrogen and oxygen atoms in total. The molecule has 0 saturated carbocycles. The molecule has 4 aromatic rings. The fraction of sp³-hybridized carbons (Fsp3) is 0. The van der Waals surface area contributed by atoms with Gasteiger partial charge in [0.05, 0.1) is 0 Å². The van der Waals surface area contributed by atoms with Gasteiger partial charge in [-0.3, -0.25) is 4.90 Å². The highest BCUT2D eigenvalue weighted by Crippen LogP contribution is 2.37. The fourth-order valence-corrected chi connectivity index (χ4v) is 3.05. The fourth-order valence-electron chi connectivity index (χ4n) is 2.67. The Hall–Kier alpha value is -2.52. The smallest absolute Gasteiger partial charge is 0.205 e. The zero-order valence-corrected chi connectivity index (χ0v) is 13.9. The Kier molecular flexibility index (Phi) is 3.64. The lowest BCUT2D eigenvalue weighted by Gasteiger charge is -2.22. The van der Waals surface area contributed by atoms with Crippen LogP contribution in [-0.2, 0) is 0 Å². The first-order valence-corrected chi connectivity index (χ1v) is 8.20. The van der Waals surface area contributed by atoms with E-state index in [0.717, 1.165) is 32.7 Å². The summed E-state index contributed by atoms with van der Waals surface area (Å²) in [6.07, 6.45) is 0. The third-order valence-electron chi connectivity index (χ3n) is 3.71. The van der Waals surface area contributed by atoms with Crippen molar-refractivity contribution in [3.05, 3.63) is 89.4 Å². The highest BCUT2D eigenvalue weighted by atomic mass is 79.9. The first kappa shape index (κ1) is 14.1. The molecule has 0 N–H and O–H groups in total. The van der Waals surface area contributed by atoms with Crippen LogP contribution in [0, 0.1) is 0 Å². The van der Waals surface area contributed by atoms with E-state index in [2.05, 4.69) is 57.2 Å². The molecule has 0 fully saturated rings. The van der Waals surface area contributed by atoms with E-state index in [4.69, 9.17) is 4.42 Å². The maximum atomic E-state index is 6.10. The van der Waals surface area contributed by atoms with Gasteiger partial charge in [-0.2, -0.15) is 0 Å². The van der Waals surface area contributed by atoms with E-state index in [-0.39, 0.29) is 0 Å². The van der Waals surface area contributed by atoms with Gasteiger partial charge in [0.15, 0.2) is 0 Å². The number of para-hydroxylation sites is 2. The predicted molar refractivity (Wildman–Crippen MR) is 98.6 cm³/mol. The van der Waals surface area contributed by atoms with Crippen LogP contribution >= 0.6 is 15.9 Å². The van der Waals surface area contributed by atoms with Crippen molar-refractivity contribution in [2.75, 3.05) is 4.90 Å². The second kappa shape index (κ2) is 5.94. The quantitative estimate of drug-likeness (QED) is 0.404. The topological polar surface area (TPSA) is 16.4 Å². The van der Waals surface area contributed by atoms with E-state index in [1.165, 1.54) is 0 Å². The predicted octanol–water partition coefficient (Wildman–Crippen LogP) is 6.67. The maximum absolute atomic E-state index is 6.10. The van der Waals surface area contributed by atoms with Crippen LogP contribution < -0.4 is 4.90 Å². The summed E-state index contributed by atoms with van der Waals surface area (Å²) in [5, 5.41) is 1.08. The number of furan rings is 1. The largest absolute Gasteiger partial charge is 0.440 e. The SMILES string of the molecule is Brc1ccc2oc(N(c3ccccc3)c3ccccc3)cc2c1. The highest BCUT2D eigenvalue weighted by Gasteiger charge is 2.16. The Labute approximate surface area is 143 Å². The molecule has 0 atom stereocenters. The number of hydrogen-bond donors (Lipinski definition) is 0. The Bertz CT molecular complexity index is 892. The van der Waals surface area contributed by atoms with Crippen LogP contribution in [0.25, 0.3) is 11.0 Å². The van der Waals surface area contributed by atoms with Crippen molar-refractivity contribution in [2.24, 2.45) is 0 Å². The van der Waals surface area contributed by atoms with Crippen molar-refractivity contribution in [2.45, 2.75) is 0 Å². The number of nitrogens with zero attached hydrogens (tertiary/aromatic N) is 1. The average molecular weight is 364 g/mol. The molecule has 0 aliphatic heterocycles. The van der Waals surface area contributed by atoms with Crippen molar-refractivity contribution < 1.29 is 4.42 Å². The normalized spacial score (nSPS) is 10.8. The summed E-state index contributed by atoms with van der Waals surface area (Å²) in [6.45, 7) is 0. The van der Waals surface area contributed by atoms with Gasteiger partial charge in [-0.05, 0) is 42.5 Å². The number of benzene rings is 3. The summed E-state index contributed by atoms with van der Waals surface area (Å²) in [4.78, 5) is 2.12. The second-order valence-electron chi connectivity index (χ2n) is 5.27. The second-order valence-corrected chi connectivity index (χ2v) is 6.19. The Morgan fingerprint density at radius 2 is 1.30 bits per heavy atom. The van der Waals surface area contributed by atoms with Gasteiger partial charge < -0.3 is 4.42 Å². The molecular weight excluding hydrogens is 350 g/mol. The Morgan fingerprint density at radius 1 is 0.696 bits per heavy atom. The number of hydrogen-bond acceptors (Lipinski definition) is 2. The van der Waals surface area contributed by atoms with E-state index in [1.807, 2.05) is 48.5 Å². The first-order valence-electron chi connectivity index (χ1n) is 7.40. The van der Waals surface area contributed by atoms with Crippen LogP contribution in [0.5, 0.6) is 0 Å². The third-order valence-corrected chi connectivity index (χ3v) is 4.21. The van der Waals surface area contributed by atoms with Gasteiger partial charge in [0, 0.05) is 27.3 Å². The molecule has 112 valence electrons. The summed E-state index contributed by atoms with van der Waals surface area (Å²) >= 11 is 3.51. The molecular formula is C20H14BrNO. The zero-order valence-electron chi connectivity index (χ0n) is 12.3. The van der Waals surface area contributed by atoms with Gasteiger partial charge >= 0.3 is 0 Å². The third kappa shape index (κ3) is 2.76. The average Bonchev–Trinajstić information content (AvgIpc) is 2.99. The zero-order chi connectivity index (χ0) is 15.6. The first-order chi connectivity index (χ1) is 11.3. The molecule has 23 heavy (non-hydrogen) atoms. The van der Waals surface area contributed by atoms with E-state index < -0.39 is 0 Å². The van der Waals surface area contributed by atoms with Crippen LogP contribution in [0.1, 0.15) is 0 Å². The summed E-state index contributed by atoms with van der Waals surface area (Å²) in [6, 6.07) is 28.6. The van der Waals surface area contributed by atoms with Crippen molar-refractivity contribution in [3.8, 4) is 0 Å². The van der Waals surface area contributed by atoms with Gasteiger partial charge in [0.2, 0.25) is 5.88 Å². The van der Waals surface area contributed by atoms with Gasteiger partial charge in [0.25, 0.3) is 0 Å². The standard InChI is InChI=1S/C20H14BrNO/c21-16-11-12-19-15(13-16)14-20(23-19)22(17-7-3-1-4-8-17)18-9-5-2-6-10-18/h1-14H. The highest BCUT2D eigenvalue weighted by molar-refractivity contribution is 9.10. The summed E-state index contributed by atoms with van der Waals surface area (Å²) < 4.78 is 7.14. The summed E-state index contributed by atoms with van der Waals surface area (Å²) in [5.74, 6) is 0.801. The van der Waals surface area contributed by atoms with E-state index in [9.17, 15) is 0 Å². The number of anilines is 3. The maximum Gasteiger partial charge on any atom is 0.205 e. The van der Waals surface area contributed by atoms with Gasteiger partial charge in [-0.15, -0.1) is 0 Å². The Balaban J connectivity index is 1.90. The molecule has 1 aromatic heterocycles. The number of fused-ring (bicyclic) bond motifs is 1. The minimum Gasteiger partial charge on any atom is -0.440 e. The molecule has 0 unspecified atom stereocenters. The molecule has 0 radical (unpaired) electrons. The molecule has 0 aliphatic carbocycles. The minimum atomic E-state index is 0.801. The van der Waals surface area contributed by atoms with Crippen LogP contribution in [0.2, 0.25) is 0 Å². The molecule has 3 heteroatoms. The number of rotatable bonds is 3. The monoisotopic (exact) mass is 363 g/mol. The van der Waals surface area contributed by atoms with Gasteiger partial charge in [-0.25, -0.2) is 0 Å². The van der Waals surface area contributed by atoms with E-state index in [1.54, 1.807) is 0 Å². The van der Waals surface area contributed by atoms with Crippen molar-refractivity contribution in [3.63, 3.8) is 0 Å². The lowest BCUT2D eigenvalue weighted by molar-refractivity contribution is 0.621. The molecule has 0 saturated heterocycles. The lowest BCUT2D eigenvalue weighted by atomic mass is 10.2.